The summed E-state index contributed by atoms with van der Waals surface area (Å²) in [6.07, 6.45) is 0.0471. The molecule has 0 fully saturated rings. The number of hydrogen-bond donors (Lipinski definition) is 3. The van der Waals surface area contributed by atoms with Crippen LogP contribution in [0.25, 0.3) is 0 Å². The van der Waals surface area contributed by atoms with Crippen LogP contribution in [0.5, 0.6) is 0 Å². The first-order valence-electron chi connectivity index (χ1n) is 13.7. The van der Waals surface area contributed by atoms with Gasteiger partial charge >= 0.3 is 6.09 Å². The van der Waals surface area contributed by atoms with Crippen molar-refractivity contribution in [1.82, 2.24) is 10.2 Å². The number of rotatable bonds is 11. The second-order valence-electron chi connectivity index (χ2n) is 11.2. The maximum atomic E-state index is 14.2. The number of carbonyl (C=O) groups excluding carboxylic acids is 4. The number of alkyl carbamates (subject to hydrolysis) is 1. The summed E-state index contributed by atoms with van der Waals surface area (Å²) in [5.74, 6) is -1.76. The van der Waals surface area contributed by atoms with Gasteiger partial charge < -0.3 is 26.0 Å². The normalized spacial score (nSPS) is 12.7. The van der Waals surface area contributed by atoms with Crippen LogP contribution in [0.15, 0.2) is 36.4 Å². The van der Waals surface area contributed by atoms with Crippen molar-refractivity contribution in [3.05, 3.63) is 64.2 Å². The topological polar surface area (TPSA) is 131 Å². The molecule has 0 saturated carbocycles. The lowest BCUT2D eigenvalue weighted by molar-refractivity contribution is -0.142. The van der Waals surface area contributed by atoms with E-state index >= 15 is 0 Å². The molecule has 2 rings (SSSR count). The Morgan fingerprint density at radius 2 is 1.52 bits per heavy atom. The summed E-state index contributed by atoms with van der Waals surface area (Å²) >= 11 is 0. The fourth-order valence-corrected chi connectivity index (χ4v) is 4.47. The molecule has 2 unspecified atom stereocenters. The molecule has 9 nitrogen and oxygen atoms in total. The second-order valence-corrected chi connectivity index (χ2v) is 11.2. The minimum atomic E-state index is -1.31. The number of nitrogens with zero attached hydrogens (tertiary/aromatic N) is 1. The van der Waals surface area contributed by atoms with Gasteiger partial charge in [0, 0.05) is 12.2 Å². The summed E-state index contributed by atoms with van der Waals surface area (Å²) in [6, 6.07) is 8.99. The first-order chi connectivity index (χ1) is 18.7. The highest BCUT2D eigenvalue weighted by Crippen LogP contribution is 2.30. The largest absolute Gasteiger partial charge is 0.444 e. The lowest BCUT2D eigenvalue weighted by atomic mass is 9.94. The van der Waals surface area contributed by atoms with E-state index < -0.39 is 47.9 Å². The molecule has 0 saturated heterocycles. The monoisotopic (exact) mass is 552 g/mol. The number of nitrogens with one attached hydrogen (secondary N) is 2. The van der Waals surface area contributed by atoms with Crippen LogP contribution in [0.2, 0.25) is 0 Å². The van der Waals surface area contributed by atoms with Gasteiger partial charge in [0.15, 0.2) is 0 Å². The van der Waals surface area contributed by atoms with E-state index in [9.17, 15) is 19.2 Å². The van der Waals surface area contributed by atoms with E-state index in [2.05, 4.69) is 10.6 Å². The molecule has 0 bridgehead atoms. The number of ether oxygens (including phenoxy) is 1. The molecule has 0 spiro atoms. The number of nitrogens with two attached hydrogens (primary N) is 1. The number of aryl methyl sites for hydroxylation is 3. The van der Waals surface area contributed by atoms with Crippen molar-refractivity contribution in [2.75, 3.05) is 11.9 Å². The summed E-state index contributed by atoms with van der Waals surface area (Å²) in [4.78, 5) is 54.4. The Morgan fingerprint density at radius 1 is 0.950 bits per heavy atom. The molecular weight excluding hydrogens is 508 g/mol. The molecule has 0 aliphatic heterocycles. The fourth-order valence-electron chi connectivity index (χ4n) is 4.47. The van der Waals surface area contributed by atoms with Crippen LogP contribution in [0, 0.1) is 27.7 Å². The number of unbranched alkanes of at least 4 members (excludes halogenated alkanes) is 1. The Bertz CT molecular complexity index is 1210. The third-order valence-electron chi connectivity index (χ3n) is 6.66. The molecule has 4 amide bonds. The van der Waals surface area contributed by atoms with Crippen molar-refractivity contribution >= 4 is 29.5 Å². The molecule has 0 aliphatic rings. The number of benzene rings is 2. The molecule has 0 heterocycles. The molecule has 2 aromatic rings. The van der Waals surface area contributed by atoms with Gasteiger partial charge in [-0.2, -0.15) is 0 Å². The van der Waals surface area contributed by atoms with Gasteiger partial charge in [0.05, 0.1) is 6.42 Å². The standard InChI is InChI=1S/C31H44N4O5/c1-9-10-17-35(29(38)24(18-25(32)36)33-30(39)40-31(6,7)8)27(23-16-12-13-19(2)22(23)5)28(37)34-26-20(3)14-11-15-21(26)4/h11-16,24,27H,9-10,17-18H2,1-8H3,(H2,32,36)(H,33,39)(H,34,37). The molecule has 0 aliphatic carbocycles. The Kier molecular flexibility index (Phi) is 11.3. The molecule has 40 heavy (non-hydrogen) atoms. The maximum Gasteiger partial charge on any atom is 0.408 e. The molecule has 9 heteroatoms. The SMILES string of the molecule is CCCCN(C(=O)C(CC(N)=O)NC(=O)OC(C)(C)C)C(C(=O)Nc1c(C)cccc1C)c1cccc(C)c1C. The lowest BCUT2D eigenvalue weighted by Gasteiger charge is -2.35. The second kappa shape index (κ2) is 14.0. The van der Waals surface area contributed by atoms with Crippen molar-refractivity contribution in [2.24, 2.45) is 5.73 Å². The van der Waals surface area contributed by atoms with E-state index in [1.54, 1.807) is 20.8 Å². The lowest BCUT2D eigenvalue weighted by Crippen LogP contribution is -2.53. The first kappa shape index (κ1) is 32.3. The zero-order chi connectivity index (χ0) is 30.2. The van der Waals surface area contributed by atoms with Crippen LogP contribution < -0.4 is 16.4 Å². The van der Waals surface area contributed by atoms with E-state index in [0.29, 0.717) is 17.7 Å². The van der Waals surface area contributed by atoms with Gasteiger partial charge in [-0.15, -0.1) is 0 Å². The number of amides is 4. The molecule has 0 radical (unpaired) electrons. The van der Waals surface area contributed by atoms with E-state index in [1.165, 1.54) is 4.90 Å². The van der Waals surface area contributed by atoms with Gasteiger partial charge in [-0.05, 0) is 82.7 Å². The Hall–Kier alpha value is -3.88. The Balaban J connectivity index is 2.64. The Morgan fingerprint density at radius 3 is 2.08 bits per heavy atom. The van der Waals surface area contributed by atoms with Crippen molar-refractivity contribution in [1.29, 1.82) is 0 Å². The molecule has 0 aromatic heterocycles. The van der Waals surface area contributed by atoms with Crippen LogP contribution in [0.1, 0.15) is 80.8 Å². The molecule has 4 N–H and O–H groups in total. The Labute approximate surface area is 237 Å². The summed E-state index contributed by atoms with van der Waals surface area (Å²) in [5.41, 5.74) is 9.59. The van der Waals surface area contributed by atoms with Gasteiger partial charge in [-0.25, -0.2) is 4.79 Å². The van der Waals surface area contributed by atoms with Crippen LogP contribution in [-0.4, -0.2) is 46.9 Å². The number of primary amides is 1. The number of anilines is 1. The number of para-hydroxylation sites is 1. The molecular formula is C31H44N4O5. The quantitative estimate of drug-likeness (QED) is 0.361. The maximum absolute atomic E-state index is 14.2. The number of carbonyl (C=O) groups is 4. The highest BCUT2D eigenvalue weighted by atomic mass is 16.6. The zero-order valence-corrected chi connectivity index (χ0v) is 25.0. The highest BCUT2D eigenvalue weighted by molar-refractivity contribution is 6.00. The van der Waals surface area contributed by atoms with Crippen molar-refractivity contribution < 1.29 is 23.9 Å². The van der Waals surface area contributed by atoms with Gasteiger partial charge in [0.2, 0.25) is 11.8 Å². The summed E-state index contributed by atoms with van der Waals surface area (Å²) in [7, 11) is 0. The van der Waals surface area contributed by atoms with E-state index in [0.717, 1.165) is 28.7 Å². The zero-order valence-electron chi connectivity index (χ0n) is 25.0. The van der Waals surface area contributed by atoms with Crippen LogP contribution in [-0.2, 0) is 19.1 Å². The van der Waals surface area contributed by atoms with E-state index in [-0.39, 0.29) is 6.54 Å². The van der Waals surface area contributed by atoms with Crippen molar-refractivity contribution in [3.8, 4) is 0 Å². The van der Waals surface area contributed by atoms with Gasteiger partial charge in [0.25, 0.3) is 5.91 Å². The van der Waals surface area contributed by atoms with E-state index in [1.807, 2.05) is 71.0 Å². The third-order valence-corrected chi connectivity index (χ3v) is 6.66. The van der Waals surface area contributed by atoms with Crippen LogP contribution in [0.3, 0.4) is 0 Å². The number of hydrogen-bond acceptors (Lipinski definition) is 5. The summed E-state index contributed by atoms with van der Waals surface area (Å²) in [6.45, 7) is 14.9. The predicted octanol–water partition coefficient (Wildman–Crippen LogP) is 5.00. The summed E-state index contributed by atoms with van der Waals surface area (Å²) < 4.78 is 5.34. The first-order valence-corrected chi connectivity index (χ1v) is 13.7. The average molecular weight is 553 g/mol. The van der Waals surface area contributed by atoms with Gasteiger partial charge in [0.1, 0.15) is 17.7 Å². The molecule has 2 atom stereocenters. The van der Waals surface area contributed by atoms with Crippen molar-refractivity contribution in [3.63, 3.8) is 0 Å². The van der Waals surface area contributed by atoms with Crippen molar-refractivity contribution in [2.45, 2.75) is 92.3 Å². The highest BCUT2D eigenvalue weighted by Gasteiger charge is 2.37. The minimum Gasteiger partial charge on any atom is -0.444 e. The van der Waals surface area contributed by atoms with Gasteiger partial charge in [-0.3, -0.25) is 14.4 Å². The fraction of sp³-hybridized carbons (Fsp3) is 0.484. The predicted molar refractivity (Wildman–Crippen MR) is 157 cm³/mol. The summed E-state index contributed by atoms with van der Waals surface area (Å²) in [5, 5.41) is 5.57. The van der Waals surface area contributed by atoms with Crippen LogP contribution in [0.4, 0.5) is 10.5 Å². The minimum absolute atomic E-state index is 0.221. The smallest absolute Gasteiger partial charge is 0.408 e. The van der Waals surface area contributed by atoms with E-state index in [4.69, 9.17) is 10.5 Å². The molecule has 218 valence electrons. The van der Waals surface area contributed by atoms with Crippen LogP contribution >= 0.6 is 0 Å². The van der Waals surface area contributed by atoms with Gasteiger partial charge in [-0.1, -0.05) is 49.7 Å². The third kappa shape index (κ3) is 8.83. The molecule has 2 aromatic carbocycles. The average Bonchev–Trinajstić information content (AvgIpc) is 2.84.